The van der Waals surface area contributed by atoms with Gasteiger partial charge in [0.25, 0.3) is 0 Å². The Labute approximate surface area is 157 Å². The maximum atomic E-state index is 12.1. The second-order valence-electron chi connectivity index (χ2n) is 6.63. The van der Waals surface area contributed by atoms with Crippen molar-refractivity contribution in [1.29, 1.82) is 0 Å². The first-order valence-electron chi connectivity index (χ1n) is 8.87. The highest BCUT2D eigenvalue weighted by Crippen LogP contribution is 2.27. The minimum atomic E-state index is -0.282. The molecule has 0 aliphatic carbocycles. The molecule has 0 spiro atoms. The molecule has 1 atom stereocenters. The quantitative estimate of drug-likeness (QED) is 0.747. The first kappa shape index (κ1) is 17.1. The maximum absolute atomic E-state index is 12.1. The van der Waals surface area contributed by atoms with Gasteiger partial charge in [-0.15, -0.1) is 0 Å². The van der Waals surface area contributed by atoms with E-state index in [-0.39, 0.29) is 12.1 Å². The summed E-state index contributed by atoms with van der Waals surface area (Å²) >= 11 is 0. The second-order valence-corrected chi connectivity index (χ2v) is 6.63. The van der Waals surface area contributed by atoms with Gasteiger partial charge in [0.15, 0.2) is 5.82 Å². The van der Waals surface area contributed by atoms with Gasteiger partial charge >= 0.3 is 6.03 Å². The molecule has 0 bridgehead atoms. The summed E-state index contributed by atoms with van der Waals surface area (Å²) in [6.45, 7) is 4.36. The zero-order valence-corrected chi connectivity index (χ0v) is 15.3. The number of aryl methyl sites for hydroxylation is 2. The van der Waals surface area contributed by atoms with Crippen molar-refractivity contribution in [2.45, 2.75) is 26.4 Å². The van der Waals surface area contributed by atoms with Crippen LogP contribution in [0.5, 0.6) is 5.75 Å². The molecule has 1 unspecified atom stereocenters. The lowest BCUT2D eigenvalue weighted by Crippen LogP contribution is -2.37. The summed E-state index contributed by atoms with van der Waals surface area (Å²) in [6.07, 6.45) is 2.38. The van der Waals surface area contributed by atoms with Gasteiger partial charge in [0.2, 0.25) is 0 Å². The number of rotatable bonds is 4. The number of anilines is 1. The number of hydrogen-bond acceptors (Lipinski definition) is 4. The maximum Gasteiger partial charge on any atom is 0.319 e. The molecule has 3 heterocycles. The summed E-state index contributed by atoms with van der Waals surface area (Å²) in [5, 5.41) is 10.0. The SMILES string of the molecule is Cc1cc(C)n(-c2ccc(NC(=O)NCC3Cc4ccccc4O3)cn2)n1. The Hall–Kier alpha value is -3.35. The lowest BCUT2D eigenvalue weighted by molar-refractivity contribution is 0.219. The zero-order chi connectivity index (χ0) is 18.8. The molecule has 1 aliphatic rings. The molecule has 27 heavy (non-hydrogen) atoms. The predicted octanol–water partition coefficient (Wildman–Crippen LogP) is 3.01. The van der Waals surface area contributed by atoms with E-state index >= 15 is 0 Å². The number of nitrogens with one attached hydrogen (secondary N) is 2. The monoisotopic (exact) mass is 363 g/mol. The average Bonchev–Trinajstić information content (AvgIpc) is 3.23. The molecule has 1 aliphatic heterocycles. The van der Waals surface area contributed by atoms with Gasteiger partial charge in [-0.25, -0.2) is 14.5 Å². The standard InChI is InChI=1S/C20H21N5O2/c1-13-9-14(2)25(24-13)19-8-7-16(11-21-19)23-20(26)22-12-17-10-15-5-3-4-6-18(15)27-17/h3-9,11,17H,10,12H2,1-2H3,(H2,22,23,26). The fourth-order valence-corrected chi connectivity index (χ4v) is 3.20. The van der Waals surface area contributed by atoms with Gasteiger partial charge in [-0.1, -0.05) is 18.2 Å². The average molecular weight is 363 g/mol. The van der Waals surface area contributed by atoms with Gasteiger partial charge in [-0.3, -0.25) is 0 Å². The fraction of sp³-hybridized carbons (Fsp3) is 0.250. The smallest absolute Gasteiger partial charge is 0.319 e. The van der Waals surface area contributed by atoms with E-state index in [0.29, 0.717) is 18.1 Å². The first-order valence-corrected chi connectivity index (χ1v) is 8.87. The van der Waals surface area contributed by atoms with Crippen LogP contribution in [-0.2, 0) is 6.42 Å². The lowest BCUT2D eigenvalue weighted by Gasteiger charge is -2.13. The van der Waals surface area contributed by atoms with Crippen LogP contribution in [-0.4, -0.2) is 33.4 Å². The van der Waals surface area contributed by atoms with E-state index < -0.39 is 0 Å². The van der Waals surface area contributed by atoms with Gasteiger partial charge < -0.3 is 15.4 Å². The molecule has 3 aromatic rings. The Kier molecular flexibility index (Phi) is 4.50. The van der Waals surface area contributed by atoms with Crippen LogP contribution in [0.3, 0.4) is 0 Å². The molecule has 0 radical (unpaired) electrons. The van der Waals surface area contributed by atoms with Crippen molar-refractivity contribution in [1.82, 2.24) is 20.1 Å². The minimum Gasteiger partial charge on any atom is -0.488 e. The third-order valence-electron chi connectivity index (χ3n) is 4.44. The Balaban J connectivity index is 1.30. The number of amides is 2. The van der Waals surface area contributed by atoms with Crippen molar-refractivity contribution in [3.63, 3.8) is 0 Å². The number of carbonyl (C=O) groups is 1. The Morgan fingerprint density at radius 3 is 2.81 bits per heavy atom. The van der Waals surface area contributed by atoms with Crippen molar-refractivity contribution in [3.05, 3.63) is 65.6 Å². The van der Waals surface area contributed by atoms with Crippen LogP contribution in [0.1, 0.15) is 17.0 Å². The molecule has 7 nitrogen and oxygen atoms in total. The summed E-state index contributed by atoms with van der Waals surface area (Å²) in [4.78, 5) is 16.5. The van der Waals surface area contributed by atoms with Gasteiger partial charge in [0.1, 0.15) is 11.9 Å². The second kappa shape index (κ2) is 7.11. The third kappa shape index (κ3) is 3.76. The summed E-state index contributed by atoms with van der Waals surface area (Å²) in [5.41, 5.74) is 3.74. The summed E-state index contributed by atoms with van der Waals surface area (Å²) in [5.74, 6) is 1.61. The number of urea groups is 1. The van der Waals surface area contributed by atoms with E-state index in [1.54, 1.807) is 16.9 Å². The van der Waals surface area contributed by atoms with Crippen LogP contribution in [0.2, 0.25) is 0 Å². The van der Waals surface area contributed by atoms with Crippen molar-refractivity contribution in [2.75, 3.05) is 11.9 Å². The molecule has 2 aromatic heterocycles. The highest BCUT2D eigenvalue weighted by atomic mass is 16.5. The molecule has 1 aromatic carbocycles. The lowest BCUT2D eigenvalue weighted by atomic mass is 10.1. The van der Waals surface area contributed by atoms with Crippen LogP contribution in [0.15, 0.2) is 48.7 Å². The molecular formula is C20H21N5O2. The van der Waals surface area contributed by atoms with Gasteiger partial charge in [0.05, 0.1) is 24.1 Å². The van der Waals surface area contributed by atoms with E-state index in [1.807, 2.05) is 50.2 Å². The molecule has 138 valence electrons. The Morgan fingerprint density at radius 2 is 2.11 bits per heavy atom. The van der Waals surface area contributed by atoms with Gasteiger partial charge in [-0.05, 0) is 43.7 Å². The molecular weight excluding hydrogens is 342 g/mol. The van der Waals surface area contributed by atoms with Crippen molar-refractivity contribution >= 4 is 11.7 Å². The predicted molar refractivity (Wildman–Crippen MR) is 102 cm³/mol. The Morgan fingerprint density at radius 1 is 1.26 bits per heavy atom. The topological polar surface area (TPSA) is 81.1 Å². The number of nitrogens with zero attached hydrogens (tertiary/aromatic N) is 3. The summed E-state index contributed by atoms with van der Waals surface area (Å²) < 4.78 is 7.59. The zero-order valence-electron chi connectivity index (χ0n) is 15.3. The highest BCUT2D eigenvalue weighted by Gasteiger charge is 2.22. The molecule has 4 rings (SSSR count). The molecule has 0 saturated heterocycles. The van der Waals surface area contributed by atoms with E-state index in [4.69, 9.17) is 4.74 Å². The molecule has 7 heteroatoms. The fourth-order valence-electron chi connectivity index (χ4n) is 3.20. The molecule has 0 fully saturated rings. The molecule has 2 N–H and O–H groups in total. The van der Waals surface area contributed by atoms with Crippen LogP contribution < -0.4 is 15.4 Å². The van der Waals surface area contributed by atoms with Crippen LogP contribution >= 0.6 is 0 Å². The van der Waals surface area contributed by atoms with Crippen molar-refractivity contribution in [3.8, 4) is 11.6 Å². The van der Waals surface area contributed by atoms with Crippen LogP contribution in [0.25, 0.3) is 5.82 Å². The van der Waals surface area contributed by atoms with Gasteiger partial charge in [-0.2, -0.15) is 5.10 Å². The normalized spacial score (nSPS) is 15.1. The minimum absolute atomic E-state index is 0.0420. The van der Waals surface area contributed by atoms with Crippen molar-refractivity contribution < 1.29 is 9.53 Å². The summed E-state index contributed by atoms with van der Waals surface area (Å²) in [7, 11) is 0. The number of fused-ring (bicyclic) bond motifs is 1. The van der Waals surface area contributed by atoms with E-state index in [2.05, 4.69) is 20.7 Å². The Bertz CT molecular complexity index is 940. The number of benzene rings is 1. The van der Waals surface area contributed by atoms with Gasteiger partial charge in [0, 0.05) is 12.1 Å². The number of carbonyl (C=O) groups excluding carboxylic acids is 1. The first-order chi connectivity index (χ1) is 13.1. The van der Waals surface area contributed by atoms with E-state index in [0.717, 1.165) is 23.6 Å². The number of hydrogen-bond donors (Lipinski definition) is 2. The van der Waals surface area contributed by atoms with Crippen LogP contribution in [0, 0.1) is 13.8 Å². The largest absolute Gasteiger partial charge is 0.488 e. The number of ether oxygens (including phenoxy) is 1. The molecule has 0 saturated carbocycles. The number of pyridine rings is 1. The number of aromatic nitrogens is 3. The van der Waals surface area contributed by atoms with E-state index in [1.165, 1.54) is 5.56 Å². The third-order valence-corrected chi connectivity index (χ3v) is 4.44. The number of para-hydroxylation sites is 1. The summed E-state index contributed by atoms with van der Waals surface area (Å²) in [6, 6.07) is 13.3. The highest BCUT2D eigenvalue weighted by molar-refractivity contribution is 5.89. The van der Waals surface area contributed by atoms with Crippen molar-refractivity contribution in [2.24, 2.45) is 0 Å². The molecule has 2 amide bonds. The van der Waals surface area contributed by atoms with E-state index in [9.17, 15) is 4.79 Å². The van der Waals surface area contributed by atoms with Crippen LogP contribution in [0.4, 0.5) is 10.5 Å².